The first-order chi connectivity index (χ1) is 8.85. The summed E-state index contributed by atoms with van der Waals surface area (Å²) in [4.78, 5) is 4.34. The highest BCUT2D eigenvalue weighted by Gasteiger charge is 2.34. The van der Waals surface area contributed by atoms with Gasteiger partial charge in [0.1, 0.15) is 11.1 Å². The monoisotopic (exact) mass is 269 g/mol. The number of rotatable bonds is 6. The minimum Gasteiger partial charge on any atom is -0.376 e. The van der Waals surface area contributed by atoms with E-state index in [0.29, 0.717) is 24.4 Å². The van der Waals surface area contributed by atoms with Crippen molar-refractivity contribution in [2.75, 3.05) is 13.7 Å². The minimum atomic E-state index is -0.749. The van der Waals surface area contributed by atoms with Crippen LogP contribution >= 0.6 is 0 Å². The summed E-state index contributed by atoms with van der Waals surface area (Å²) in [5, 5.41) is 3.95. The van der Waals surface area contributed by atoms with E-state index in [0.717, 1.165) is 12.8 Å². The molecule has 108 valence electrons. The van der Waals surface area contributed by atoms with Gasteiger partial charge in [0, 0.05) is 7.11 Å². The molecule has 0 aromatic carbocycles. The second-order valence-electron chi connectivity index (χ2n) is 5.92. The first-order valence-corrected chi connectivity index (χ1v) is 6.65. The molecule has 0 saturated heterocycles. The van der Waals surface area contributed by atoms with Gasteiger partial charge in [-0.25, -0.2) is 0 Å². The first-order valence-electron chi connectivity index (χ1n) is 6.65. The van der Waals surface area contributed by atoms with Crippen LogP contribution in [0.15, 0.2) is 4.52 Å². The Morgan fingerprint density at radius 2 is 2.05 bits per heavy atom. The van der Waals surface area contributed by atoms with Gasteiger partial charge < -0.3 is 19.7 Å². The molecule has 1 fully saturated rings. The van der Waals surface area contributed by atoms with E-state index in [1.165, 1.54) is 6.42 Å². The summed E-state index contributed by atoms with van der Waals surface area (Å²) in [7, 11) is 1.60. The molecule has 0 bridgehead atoms. The molecule has 2 N–H and O–H groups in total. The van der Waals surface area contributed by atoms with Crippen LogP contribution in [0, 0.1) is 0 Å². The number of aromatic nitrogens is 2. The Morgan fingerprint density at radius 1 is 1.37 bits per heavy atom. The highest BCUT2D eigenvalue weighted by Crippen LogP contribution is 2.27. The molecule has 1 aromatic heterocycles. The molecular formula is C13H23N3O3. The number of hydrogen-bond donors (Lipinski definition) is 1. The van der Waals surface area contributed by atoms with E-state index in [1.807, 2.05) is 20.8 Å². The zero-order valence-corrected chi connectivity index (χ0v) is 12.1. The van der Waals surface area contributed by atoms with E-state index >= 15 is 0 Å². The molecule has 1 unspecified atom stereocenters. The van der Waals surface area contributed by atoms with Gasteiger partial charge in [-0.3, -0.25) is 0 Å². The average Bonchev–Trinajstić information content (AvgIpc) is 2.77. The van der Waals surface area contributed by atoms with Crippen LogP contribution in [-0.2, 0) is 20.6 Å². The van der Waals surface area contributed by atoms with E-state index in [-0.39, 0.29) is 0 Å². The Bertz CT molecular complexity index is 425. The van der Waals surface area contributed by atoms with Gasteiger partial charge in [0.25, 0.3) is 5.89 Å². The Kier molecular flexibility index (Phi) is 3.94. The summed E-state index contributed by atoms with van der Waals surface area (Å²) in [5.74, 6) is 0.872. The molecule has 0 amide bonds. The maximum Gasteiger partial charge on any atom is 0.258 e. The fraction of sp³-hybridized carbons (Fsp3) is 0.846. The van der Waals surface area contributed by atoms with E-state index in [9.17, 15) is 0 Å². The maximum atomic E-state index is 6.21. The summed E-state index contributed by atoms with van der Waals surface area (Å²) in [6.45, 7) is 5.97. The summed E-state index contributed by atoms with van der Waals surface area (Å²) < 4.78 is 16.3. The van der Waals surface area contributed by atoms with Crippen molar-refractivity contribution in [3.63, 3.8) is 0 Å². The summed E-state index contributed by atoms with van der Waals surface area (Å²) in [6, 6.07) is 0. The third-order valence-electron chi connectivity index (χ3n) is 3.63. The normalized spacial score (nSPS) is 20.1. The molecule has 19 heavy (non-hydrogen) atoms. The van der Waals surface area contributed by atoms with Gasteiger partial charge in [0.05, 0.1) is 12.7 Å². The molecule has 1 heterocycles. The van der Waals surface area contributed by atoms with Crippen molar-refractivity contribution in [1.29, 1.82) is 0 Å². The van der Waals surface area contributed by atoms with Crippen molar-refractivity contribution >= 4 is 0 Å². The van der Waals surface area contributed by atoms with Gasteiger partial charge >= 0.3 is 0 Å². The van der Waals surface area contributed by atoms with Gasteiger partial charge in [0.2, 0.25) is 0 Å². The van der Waals surface area contributed by atoms with Crippen molar-refractivity contribution < 1.29 is 14.0 Å². The predicted octanol–water partition coefficient (Wildman–Crippen LogP) is 1.69. The molecule has 1 saturated carbocycles. The van der Waals surface area contributed by atoms with Gasteiger partial charge in [-0.2, -0.15) is 4.98 Å². The first kappa shape index (κ1) is 14.4. The van der Waals surface area contributed by atoms with Gasteiger partial charge in [-0.15, -0.1) is 0 Å². The fourth-order valence-electron chi connectivity index (χ4n) is 1.68. The van der Waals surface area contributed by atoms with Crippen molar-refractivity contribution in [3.05, 3.63) is 11.7 Å². The molecule has 0 spiro atoms. The van der Waals surface area contributed by atoms with Crippen LogP contribution in [0.4, 0.5) is 0 Å². The zero-order valence-electron chi connectivity index (χ0n) is 12.1. The average molecular weight is 269 g/mol. The van der Waals surface area contributed by atoms with Crippen molar-refractivity contribution in [2.45, 2.75) is 57.3 Å². The van der Waals surface area contributed by atoms with Gasteiger partial charge in [0.15, 0.2) is 5.82 Å². The standard InChI is InChI=1S/C13H23N3O3/c1-12(2,17-4)11-15-10(16-19-11)13(3,14)8-18-9-6-5-7-9/h9H,5-8,14H2,1-4H3. The van der Waals surface area contributed by atoms with Crippen LogP contribution in [0.5, 0.6) is 0 Å². The molecule has 6 heteroatoms. The smallest absolute Gasteiger partial charge is 0.258 e. The molecule has 0 aliphatic heterocycles. The van der Waals surface area contributed by atoms with Crippen LogP contribution in [0.3, 0.4) is 0 Å². The molecule has 1 aromatic rings. The maximum absolute atomic E-state index is 6.21. The third-order valence-corrected chi connectivity index (χ3v) is 3.63. The van der Waals surface area contributed by atoms with Crippen LogP contribution < -0.4 is 5.73 Å². The molecule has 6 nitrogen and oxygen atoms in total. The number of nitrogens with zero attached hydrogens (tertiary/aromatic N) is 2. The lowest BCUT2D eigenvalue weighted by Crippen LogP contribution is -2.41. The molecule has 1 atom stereocenters. The van der Waals surface area contributed by atoms with E-state index in [1.54, 1.807) is 7.11 Å². The number of hydrogen-bond acceptors (Lipinski definition) is 6. The fourth-order valence-corrected chi connectivity index (χ4v) is 1.68. The van der Waals surface area contributed by atoms with Gasteiger partial charge in [-0.05, 0) is 40.0 Å². The Morgan fingerprint density at radius 3 is 2.58 bits per heavy atom. The lowest BCUT2D eigenvalue weighted by atomic mass is 9.95. The number of nitrogens with two attached hydrogens (primary N) is 1. The largest absolute Gasteiger partial charge is 0.376 e. The van der Waals surface area contributed by atoms with Crippen LogP contribution in [0.25, 0.3) is 0 Å². The third kappa shape index (κ3) is 3.13. The Balaban J connectivity index is 2.03. The lowest BCUT2D eigenvalue weighted by molar-refractivity contribution is -0.0222. The quantitative estimate of drug-likeness (QED) is 0.846. The van der Waals surface area contributed by atoms with E-state index in [4.69, 9.17) is 19.7 Å². The van der Waals surface area contributed by atoms with Crippen molar-refractivity contribution in [1.82, 2.24) is 10.1 Å². The molecular weight excluding hydrogens is 246 g/mol. The van der Waals surface area contributed by atoms with Crippen LogP contribution in [0.2, 0.25) is 0 Å². The summed E-state index contributed by atoms with van der Waals surface area (Å²) in [5.41, 5.74) is 4.85. The van der Waals surface area contributed by atoms with Gasteiger partial charge in [-0.1, -0.05) is 5.16 Å². The zero-order chi connectivity index (χ0) is 14.1. The highest BCUT2D eigenvalue weighted by atomic mass is 16.5. The summed E-state index contributed by atoms with van der Waals surface area (Å²) >= 11 is 0. The van der Waals surface area contributed by atoms with E-state index in [2.05, 4.69) is 10.1 Å². The number of ether oxygens (including phenoxy) is 2. The lowest BCUT2D eigenvalue weighted by Gasteiger charge is -2.29. The predicted molar refractivity (Wildman–Crippen MR) is 69.5 cm³/mol. The topological polar surface area (TPSA) is 83.4 Å². The Hall–Kier alpha value is -0.980. The minimum absolute atomic E-state index is 0.338. The van der Waals surface area contributed by atoms with E-state index < -0.39 is 11.1 Å². The molecule has 2 rings (SSSR count). The Labute approximate surface area is 113 Å². The summed E-state index contributed by atoms with van der Waals surface area (Å²) in [6.07, 6.45) is 3.80. The second-order valence-corrected chi connectivity index (χ2v) is 5.92. The van der Waals surface area contributed by atoms with Crippen LogP contribution in [0.1, 0.15) is 51.7 Å². The molecule has 1 aliphatic carbocycles. The second kappa shape index (κ2) is 5.19. The molecule has 1 aliphatic rings. The number of methoxy groups -OCH3 is 1. The SMILES string of the molecule is COC(C)(C)c1nc(C(C)(N)COC2CCC2)no1. The highest BCUT2D eigenvalue weighted by molar-refractivity contribution is 5.05. The van der Waals surface area contributed by atoms with Crippen molar-refractivity contribution in [2.24, 2.45) is 5.73 Å². The molecule has 0 radical (unpaired) electrons. The van der Waals surface area contributed by atoms with Crippen molar-refractivity contribution in [3.8, 4) is 0 Å². The van der Waals surface area contributed by atoms with Crippen LogP contribution in [-0.4, -0.2) is 30.0 Å².